The standard InChI is InChI=1S/C32H36Br2N2O4S3.C32H38N2O4S3.C14H18BrNO2S.C4H2S.6CH3.BHNS.2Sn/c1-5-9-11-17(7-3)15-35-29(37)21-23(31(35)39)27(33)42-25(21)19-13-14-20(41-19)26-22-24(28(34)43-26)32(40)36(30(22)38)16-18(8-4)12-10-6-2;1-5-9-11-19(7-3)15-33-29(35)21-17-39-27(25(21)31(33)37)23-13-14-24(41-23)28-26-22(18-40-28)30(36)34(32(26)38)16-20(8-4)12-10-6-2;1-3-5-6-9(4-2)7-16-13(17)10-8-19-12(15)11(10)14(16)18;1-2-4-5-3-1;;;;;;;1-2-3;;/h13-14,17-18H,5-12,15-16H2,1-4H3;13-14,17-20H,5-12,15-16H2,1-4H3;8-9H,3-7H2,1-2H3;1-2H;6*1H3;3H;;. The van der Waals surface area contributed by atoms with Gasteiger partial charge in [-0.2, -0.15) is 0 Å². The molecule has 5 unspecified atom stereocenters. The van der Waals surface area contributed by atoms with Crippen molar-refractivity contribution in [1.82, 2.24) is 24.5 Å². The van der Waals surface area contributed by atoms with Crippen LogP contribution >= 0.6 is 151 Å². The molecule has 5 atom stereocenters. The number of carbonyl (C=O) groups is 10. The van der Waals surface area contributed by atoms with E-state index in [1.54, 1.807) is 11.2 Å². The summed E-state index contributed by atoms with van der Waals surface area (Å²) in [4.78, 5) is 161. The van der Waals surface area contributed by atoms with Gasteiger partial charge in [0.25, 0.3) is 59.1 Å². The van der Waals surface area contributed by atoms with Crippen LogP contribution in [0.2, 0.25) is 29.6 Å². The van der Waals surface area contributed by atoms with Gasteiger partial charge in [-0.25, -0.2) is 0 Å². The Hall–Kier alpha value is -3.45. The molecule has 16 nitrogen and oxygen atoms in total. The number of fused-ring (bicyclic) bond motifs is 5. The molecule has 5 aliphatic heterocycles. The van der Waals surface area contributed by atoms with Gasteiger partial charge in [-0.15, -0.1) is 79.4 Å². The first-order chi connectivity index (χ1) is 56.7. The summed E-state index contributed by atoms with van der Waals surface area (Å²) in [5.74, 6) is -0.348. The van der Waals surface area contributed by atoms with Gasteiger partial charge in [-0.3, -0.25) is 72.4 Å². The normalized spacial score (nSPS) is 15.5. The van der Waals surface area contributed by atoms with Crippen LogP contribution < -0.4 is 5.79 Å². The van der Waals surface area contributed by atoms with E-state index in [-0.39, 0.29) is 70.9 Å². The Morgan fingerprint density at radius 1 is 0.328 bits per heavy atom. The van der Waals surface area contributed by atoms with Gasteiger partial charge in [-0.05, 0) is 134 Å². The number of amides is 10. The second kappa shape index (κ2) is 45.3. The van der Waals surface area contributed by atoms with Crippen LogP contribution in [0.5, 0.6) is 0 Å². The molecule has 1 radical (unpaired) electrons. The van der Waals surface area contributed by atoms with Crippen LogP contribution in [-0.4, -0.2) is 161 Å². The molecule has 0 aliphatic carbocycles. The molecule has 31 heteroatoms. The number of thiol groups is 1. The SMILES string of the molecule is CCCCC(CC)CN1C(=O)c2c(Br)sc(-c3ccc(-c4sc(Br)c5c4C(=O)N(CC(CC)CCCC)C5=O)s3)c2C1=O.CCCCC(CC)CN1C(=O)c2csc(-c3ccc(-c4scc5c4C(=O)N(CC(CC)CCCC)C5=O)s3)c2C1=O.CCCCC(CC)CN1C(=O)c2csc(Br)c2C1=O.[B]=NS.[CH3][Sn]([CH3])([CH3])[c]1cc[c]([Sn]([CH3])([CH3])[CH3])s1. The van der Waals surface area contributed by atoms with Crippen molar-refractivity contribution in [2.45, 2.75) is 227 Å². The van der Waals surface area contributed by atoms with Crippen molar-refractivity contribution in [1.29, 1.82) is 0 Å². The van der Waals surface area contributed by atoms with E-state index in [1.165, 1.54) is 104 Å². The molecule has 0 saturated heterocycles. The van der Waals surface area contributed by atoms with Crippen molar-refractivity contribution in [3.05, 3.63) is 120 Å². The molecular weight excluding hydrogens is 2080 g/mol. The fourth-order valence-corrected chi connectivity index (χ4v) is 39.1. The van der Waals surface area contributed by atoms with Gasteiger partial charge in [0.05, 0.1) is 86.5 Å². The molecule has 13 rings (SSSR count). The number of hydrogen-bond acceptors (Lipinski definition) is 20. The summed E-state index contributed by atoms with van der Waals surface area (Å²) < 4.78 is 8.29. The van der Waals surface area contributed by atoms with Crippen LogP contribution in [0.15, 0.2) is 68.2 Å². The molecule has 10 amide bonds. The summed E-state index contributed by atoms with van der Waals surface area (Å²) in [6.07, 6.45) is 20.8. The summed E-state index contributed by atoms with van der Waals surface area (Å²) in [5, 5.41) is 5.39. The van der Waals surface area contributed by atoms with Gasteiger partial charge in [0.15, 0.2) is 0 Å². The third-order valence-electron chi connectivity index (χ3n) is 22.8. The summed E-state index contributed by atoms with van der Waals surface area (Å²) in [6, 6.07) is 12.7. The second-order valence-electron chi connectivity index (χ2n) is 33.2. The third-order valence-corrected chi connectivity index (χ3v) is 53.2. The van der Waals surface area contributed by atoms with E-state index < -0.39 is 36.8 Å². The molecule has 0 bridgehead atoms. The Morgan fingerprint density at radius 3 is 0.832 bits per heavy atom. The summed E-state index contributed by atoms with van der Waals surface area (Å²) in [7, 11) is 4.34. The molecule has 8 aromatic heterocycles. The van der Waals surface area contributed by atoms with Crippen LogP contribution in [-0.2, 0) is 0 Å². The van der Waals surface area contributed by atoms with Crippen LogP contribution in [0.25, 0.3) is 39.0 Å². The van der Waals surface area contributed by atoms with Crippen molar-refractivity contribution in [3.63, 3.8) is 0 Å². The van der Waals surface area contributed by atoms with Gasteiger partial charge in [0.1, 0.15) is 0 Å². The van der Waals surface area contributed by atoms with Crippen LogP contribution in [0.4, 0.5) is 0 Å². The monoisotopic (exact) mass is 2190 g/mol. The Morgan fingerprint density at radius 2 is 0.571 bits per heavy atom. The van der Waals surface area contributed by atoms with E-state index >= 15 is 0 Å². The predicted octanol–water partition coefficient (Wildman–Crippen LogP) is 26.5. The van der Waals surface area contributed by atoms with Crippen molar-refractivity contribution in [2.75, 3.05) is 32.7 Å². The van der Waals surface area contributed by atoms with E-state index in [0.717, 1.165) is 171 Å². The van der Waals surface area contributed by atoms with E-state index in [2.05, 4.69) is 195 Å². The first-order valence-corrected chi connectivity index (χ1v) is 71.5. The number of thiophene rings is 8. The average molecular weight is 2190 g/mol. The summed E-state index contributed by atoms with van der Waals surface area (Å²) in [6.45, 7) is 23.7. The minimum atomic E-state index is -1.74. The molecule has 0 N–H and O–H groups in total. The van der Waals surface area contributed by atoms with Crippen LogP contribution in [0.3, 0.4) is 0 Å². The van der Waals surface area contributed by atoms with Gasteiger partial charge < -0.3 is 0 Å². The molecule has 5 aliphatic rings. The summed E-state index contributed by atoms with van der Waals surface area (Å²) >= 11 is 22.4. The quantitative estimate of drug-likeness (QED) is 0.0224. The maximum atomic E-state index is 13.7. The zero-order chi connectivity index (χ0) is 87.2. The topological polar surface area (TPSA) is 199 Å². The van der Waals surface area contributed by atoms with Crippen molar-refractivity contribution < 1.29 is 47.9 Å². The number of hydrogen-bond donors (Lipinski definition) is 1. The molecular formula is C88H113BBr3N6O10S9Sn2. The van der Waals surface area contributed by atoms with Crippen molar-refractivity contribution >= 4 is 261 Å². The molecule has 13 heterocycles. The Kier molecular flexibility index (Phi) is 37.8. The van der Waals surface area contributed by atoms with E-state index in [9.17, 15) is 47.9 Å². The molecule has 641 valence electrons. The van der Waals surface area contributed by atoms with Crippen LogP contribution in [0.1, 0.15) is 301 Å². The van der Waals surface area contributed by atoms with E-state index in [0.29, 0.717) is 114 Å². The number of nitrogens with zero attached hydrogens (tertiary/aromatic N) is 6. The first-order valence-electron chi connectivity index (χ1n) is 42.0. The number of halogens is 3. The van der Waals surface area contributed by atoms with Gasteiger partial charge in [0.2, 0.25) is 0 Å². The molecule has 119 heavy (non-hydrogen) atoms. The Labute approximate surface area is 776 Å². The Bertz CT molecular complexity index is 4750. The van der Waals surface area contributed by atoms with E-state index in [4.69, 9.17) is 0 Å². The maximum absolute atomic E-state index is 13.7. The molecule has 0 aromatic carbocycles. The number of unbranched alkanes of at least 4 members (excludes halogenated alkanes) is 5. The van der Waals surface area contributed by atoms with Crippen LogP contribution in [0, 0.1) is 29.6 Å². The minimum absolute atomic E-state index is 0.128. The summed E-state index contributed by atoms with van der Waals surface area (Å²) in [5.41, 5.74) is 4.96. The molecule has 0 saturated carbocycles. The third kappa shape index (κ3) is 22.8. The molecule has 0 spiro atoms. The molecule has 8 aromatic rings. The van der Waals surface area contributed by atoms with Gasteiger partial charge in [-0.1, -0.05) is 166 Å². The number of rotatable bonds is 36. The second-order valence-corrected chi connectivity index (χ2v) is 76.2. The Balaban J connectivity index is 0.000000195. The fourth-order valence-electron chi connectivity index (χ4n) is 15.3. The zero-order valence-corrected chi connectivity index (χ0v) is 89.3. The van der Waals surface area contributed by atoms with Crippen molar-refractivity contribution in [2.24, 2.45) is 33.9 Å². The first kappa shape index (κ1) is 99.3. The zero-order valence-electron chi connectivity index (χ0n) is 71.5. The predicted molar refractivity (Wildman–Crippen MR) is 520 cm³/mol. The average Bonchev–Trinajstić information content (AvgIpc) is 1.57. The van der Waals surface area contributed by atoms with Crippen molar-refractivity contribution in [3.8, 4) is 39.0 Å². The fraction of sp³-hybridized carbons (Fsp3) is 0.523. The van der Waals surface area contributed by atoms with Gasteiger partial charge >= 0.3 is 120 Å². The van der Waals surface area contributed by atoms with E-state index in [1.807, 2.05) is 35.0 Å². The molecule has 0 fully saturated rings. The number of imide groups is 5. The number of carbonyl (C=O) groups excluding carboxylic acids is 10. The van der Waals surface area contributed by atoms with Gasteiger partial charge in [0, 0.05) is 68.4 Å².